The molecule has 0 saturated heterocycles. The zero-order valence-electron chi connectivity index (χ0n) is 13.7. The summed E-state index contributed by atoms with van der Waals surface area (Å²) in [4.78, 5) is 16.8. The molecule has 0 heterocycles. The van der Waals surface area contributed by atoms with Gasteiger partial charge in [-0.3, -0.25) is 9.69 Å². The number of nitrogens with one attached hydrogen (secondary N) is 1. The average molecular weight is 285 g/mol. The summed E-state index contributed by atoms with van der Waals surface area (Å²) in [7, 11) is 7.55. The third kappa shape index (κ3) is 4.17. The summed E-state index contributed by atoms with van der Waals surface area (Å²) in [6, 6.07) is 0.474. The van der Waals surface area contributed by atoms with Crippen LogP contribution in [0.4, 0.5) is 0 Å². The molecule has 1 rings (SSSR count). The highest BCUT2D eigenvalue weighted by atomic mass is 16.5. The lowest BCUT2D eigenvalue weighted by Crippen LogP contribution is -2.50. The summed E-state index contributed by atoms with van der Waals surface area (Å²) in [5, 5.41) is 3.21. The van der Waals surface area contributed by atoms with E-state index in [0.717, 1.165) is 45.3 Å². The third-order valence-corrected chi connectivity index (χ3v) is 4.40. The smallest absolute Gasteiger partial charge is 0.326 e. The fourth-order valence-corrected chi connectivity index (χ4v) is 3.13. The number of carbonyl (C=O) groups excluding carboxylic acids is 1. The van der Waals surface area contributed by atoms with Crippen molar-refractivity contribution in [3.63, 3.8) is 0 Å². The molecule has 5 nitrogen and oxygen atoms in total. The topological polar surface area (TPSA) is 44.8 Å². The van der Waals surface area contributed by atoms with Crippen LogP contribution in [0, 0.1) is 0 Å². The molecule has 0 bridgehead atoms. The van der Waals surface area contributed by atoms with Gasteiger partial charge < -0.3 is 15.0 Å². The Hall–Kier alpha value is -0.650. The van der Waals surface area contributed by atoms with Gasteiger partial charge in [0.15, 0.2) is 0 Å². The normalized spacial score (nSPS) is 26.4. The van der Waals surface area contributed by atoms with Gasteiger partial charge in [0.05, 0.1) is 7.11 Å². The van der Waals surface area contributed by atoms with E-state index in [1.807, 2.05) is 7.05 Å². The van der Waals surface area contributed by atoms with Crippen LogP contribution >= 0.6 is 0 Å². The van der Waals surface area contributed by atoms with E-state index in [9.17, 15) is 4.79 Å². The van der Waals surface area contributed by atoms with Gasteiger partial charge >= 0.3 is 5.97 Å². The quantitative estimate of drug-likeness (QED) is 0.673. The Morgan fingerprint density at radius 3 is 2.55 bits per heavy atom. The van der Waals surface area contributed by atoms with E-state index in [1.54, 1.807) is 0 Å². The largest absolute Gasteiger partial charge is 0.468 e. The Kier molecular flexibility index (Phi) is 6.92. The van der Waals surface area contributed by atoms with Gasteiger partial charge in [-0.1, -0.05) is 6.92 Å². The SMILES string of the molecule is CCCN(CCN(C)C)C1CCC(NC)(C(=O)OC)C1. The van der Waals surface area contributed by atoms with Gasteiger partial charge in [0.25, 0.3) is 0 Å². The molecule has 0 aromatic rings. The van der Waals surface area contributed by atoms with Gasteiger partial charge in [-0.05, 0) is 53.4 Å². The Morgan fingerprint density at radius 1 is 1.35 bits per heavy atom. The highest BCUT2D eigenvalue weighted by Gasteiger charge is 2.46. The van der Waals surface area contributed by atoms with Gasteiger partial charge in [0, 0.05) is 19.1 Å². The molecule has 1 fully saturated rings. The number of methoxy groups -OCH3 is 1. The first-order valence-corrected chi connectivity index (χ1v) is 7.65. The lowest BCUT2D eigenvalue weighted by atomic mass is 9.97. The van der Waals surface area contributed by atoms with E-state index in [1.165, 1.54) is 7.11 Å². The molecule has 118 valence electrons. The molecular weight excluding hydrogens is 254 g/mol. The Morgan fingerprint density at radius 2 is 2.05 bits per heavy atom. The second-order valence-electron chi connectivity index (χ2n) is 6.06. The van der Waals surface area contributed by atoms with Crippen LogP contribution in [0.25, 0.3) is 0 Å². The summed E-state index contributed by atoms with van der Waals surface area (Å²) in [5.41, 5.74) is -0.483. The van der Waals surface area contributed by atoms with Crippen LogP contribution in [0.5, 0.6) is 0 Å². The van der Waals surface area contributed by atoms with Crippen LogP contribution in [0.2, 0.25) is 0 Å². The molecule has 0 spiro atoms. The molecule has 0 amide bonds. The number of carbonyl (C=O) groups is 1. The number of likely N-dealkylation sites (N-methyl/N-ethyl adjacent to an activating group) is 2. The first-order valence-electron chi connectivity index (χ1n) is 7.65. The van der Waals surface area contributed by atoms with Crippen LogP contribution in [0.1, 0.15) is 32.6 Å². The van der Waals surface area contributed by atoms with Gasteiger partial charge in [0.2, 0.25) is 0 Å². The van der Waals surface area contributed by atoms with Crippen LogP contribution in [-0.4, -0.2) is 75.2 Å². The lowest BCUT2D eigenvalue weighted by molar-refractivity contribution is -0.148. The number of ether oxygens (including phenoxy) is 1. The van der Waals surface area contributed by atoms with E-state index >= 15 is 0 Å². The molecule has 0 aliphatic heterocycles. The van der Waals surface area contributed by atoms with E-state index < -0.39 is 5.54 Å². The van der Waals surface area contributed by atoms with Crippen molar-refractivity contribution in [2.24, 2.45) is 0 Å². The standard InChI is InChI=1S/C15H31N3O2/c1-6-9-18(11-10-17(3)4)13-7-8-15(12-13,16-2)14(19)20-5/h13,16H,6-12H2,1-5H3. The number of nitrogens with zero attached hydrogens (tertiary/aromatic N) is 2. The molecule has 5 heteroatoms. The van der Waals surface area contributed by atoms with Crippen LogP contribution < -0.4 is 5.32 Å². The monoisotopic (exact) mass is 285 g/mol. The van der Waals surface area contributed by atoms with Crippen LogP contribution in [0.3, 0.4) is 0 Å². The Labute approximate surface area is 123 Å². The second kappa shape index (κ2) is 7.96. The number of rotatable bonds is 8. The first kappa shape index (κ1) is 17.4. The predicted octanol–water partition coefficient (Wildman–Crippen LogP) is 0.944. The molecular formula is C15H31N3O2. The van der Waals surface area contributed by atoms with E-state index in [4.69, 9.17) is 4.74 Å². The van der Waals surface area contributed by atoms with Gasteiger partial charge in [-0.2, -0.15) is 0 Å². The first-order chi connectivity index (χ1) is 9.49. The zero-order chi connectivity index (χ0) is 15.2. The summed E-state index contributed by atoms with van der Waals surface area (Å²) in [6.07, 6.45) is 3.92. The lowest BCUT2D eigenvalue weighted by Gasteiger charge is -2.31. The average Bonchev–Trinajstić information content (AvgIpc) is 2.88. The van der Waals surface area contributed by atoms with Gasteiger partial charge in [-0.25, -0.2) is 0 Å². The van der Waals surface area contributed by atoms with Crippen molar-refractivity contribution in [1.82, 2.24) is 15.1 Å². The van der Waals surface area contributed by atoms with E-state index in [0.29, 0.717) is 6.04 Å². The molecule has 1 aliphatic rings. The van der Waals surface area contributed by atoms with Crippen molar-refractivity contribution in [3.05, 3.63) is 0 Å². The van der Waals surface area contributed by atoms with Crippen molar-refractivity contribution < 1.29 is 9.53 Å². The number of hydrogen-bond acceptors (Lipinski definition) is 5. The molecule has 20 heavy (non-hydrogen) atoms. The fraction of sp³-hybridized carbons (Fsp3) is 0.933. The Balaban J connectivity index is 2.68. The molecule has 1 N–H and O–H groups in total. The van der Waals surface area contributed by atoms with Crippen molar-refractivity contribution in [3.8, 4) is 0 Å². The molecule has 2 unspecified atom stereocenters. The third-order valence-electron chi connectivity index (χ3n) is 4.40. The van der Waals surface area contributed by atoms with Crippen molar-refractivity contribution in [1.29, 1.82) is 0 Å². The minimum Gasteiger partial charge on any atom is -0.468 e. The molecule has 0 aromatic carbocycles. The minimum absolute atomic E-state index is 0.119. The molecule has 0 radical (unpaired) electrons. The van der Waals surface area contributed by atoms with Crippen molar-refractivity contribution in [2.75, 3.05) is 47.9 Å². The van der Waals surface area contributed by atoms with Crippen LogP contribution in [-0.2, 0) is 9.53 Å². The van der Waals surface area contributed by atoms with Crippen molar-refractivity contribution in [2.45, 2.75) is 44.2 Å². The minimum atomic E-state index is -0.483. The summed E-state index contributed by atoms with van der Waals surface area (Å²) in [6.45, 7) is 5.43. The Bertz CT molecular complexity index is 309. The zero-order valence-corrected chi connectivity index (χ0v) is 13.7. The highest BCUT2D eigenvalue weighted by Crippen LogP contribution is 2.34. The summed E-state index contributed by atoms with van der Waals surface area (Å²) >= 11 is 0. The number of hydrogen-bond donors (Lipinski definition) is 1. The molecule has 2 atom stereocenters. The highest BCUT2D eigenvalue weighted by molar-refractivity contribution is 5.81. The molecule has 1 aliphatic carbocycles. The maximum Gasteiger partial charge on any atom is 0.326 e. The summed E-state index contributed by atoms with van der Waals surface area (Å²) in [5.74, 6) is -0.119. The summed E-state index contributed by atoms with van der Waals surface area (Å²) < 4.78 is 4.99. The molecule has 0 aromatic heterocycles. The second-order valence-corrected chi connectivity index (χ2v) is 6.06. The maximum absolute atomic E-state index is 12.0. The van der Waals surface area contributed by atoms with Gasteiger partial charge in [-0.15, -0.1) is 0 Å². The van der Waals surface area contributed by atoms with Gasteiger partial charge in [0.1, 0.15) is 5.54 Å². The van der Waals surface area contributed by atoms with Crippen LogP contribution in [0.15, 0.2) is 0 Å². The predicted molar refractivity (Wildman–Crippen MR) is 81.9 cm³/mol. The van der Waals surface area contributed by atoms with E-state index in [-0.39, 0.29) is 5.97 Å². The van der Waals surface area contributed by atoms with E-state index in [2.05, 4.69) is 36.1 Å². The molecule has 1 saturated carbocycles. The number of esters is 1. The maximum atomic E-state index is 12.0. The fourth-order valence-electron chi connectivity index (χ4n) is 3.13. The van der Waals surface area contributed by atoms with Crippen molar-refractivity contribution >= 4 is 5.97 Å².